The Morgan fingerprint density at radius 2 is 2.07 bits per heavy atom. The van der Waals surface area contributed by atoms with Crippen LogP contribution in [0.15, 0.2) is 36.7 Å². The van der Waals surface area contributed by atoms with Gasteiger partial charge in [0.05, 0.1) is 18.3 Å². The third-order valence-corrected chi connectivity index (χ3v) is 4.68. The van der Waals surface area contributed by atoms with Gasteiger partial charge in [-0.3, -0.25) is 9.48 Å². The van der Waals surface area contributed by atoms with Crippen molar-refractivity contribution in [3.8, 4) is 11.5 Å². The number of fused-ring (bicyclic) bond motifs is 1. The van der Waals surface area contributed by atoms with Gasteiger partial charge in [0.1, 0.15) is 5.82 Å². The molecule has 1 aromatic carbocycles. The molecule has 3 N–H and O–H groups in total. The van der Waals surface area contributed by atoms with E-state index in [9.17, 15) is 4.79 Å². The van der Waals surface area contributed by atoms with E-state index in [4.69, 9.17) is 15.2 Å². The Morgan fingerprint density at radius 3 is 2.89 bits per heavy atom. The fraction of sp³-hybridized carbons (Fsp3) is 0.250. The number of nitrogens with one attached hydrogen (secondary N) is 1. The highest BCUT2D eigenvalue weighted by Gasteiger charge is 2.15. The van der Waals surface area contributed by atoms with Crippen LogP contribution in [0.25, 0.3) is 0 Å². The molecular formula is C20H21N5O3. The molecule has 0 radical (unpaired) electrons. The summed E-state index contributed by atoms with van der Waals surface area (Å²) in [5.41, 5.74) is 10.0. The summed E-state index contributed by atoms with van der Waals surface area (Å²) >= 11 is 0. The molecular weight excluding hydrogens is 358 g/mol. The molecule has 0 aliphatic carbocycles. The average Bonchev–Trinajstić information content (AvgIpc) is 3.29. The lowest BCUT2D eigenvalue weighted by atomic mass is 10.1. The van der Waals surface area contributed by atoms with Crippen LogP contribution in [-0.2, 0) is 13.1 Å². The molecule has 1 aliphatic heterocycles. The quantitative estimate of drug-likeness (QED) is 0.704. The van der Waals surface area contributed by atoms with Crippen molar-refractivity contribution in [3.05, 3.63) is 64.6 Å². The highest BCUT2D eigenvalue weighted by Crippen LogP contribution is 2.32. The van der Waals surface area contributed by atoms with Crippen LogP contribution in [0.5, 0.6) is 11.5 Å². The molecule has 0 unspecified atom stereocenters. The van der Waals surface area contributed by atoms with E-state index in [1.54, 1.807) is 23.1 Å². The van der Waals surface area contributed by atoms with E-state index >= 15 is 0 Å². The van der Waals surface area contributed by atoms with Gasteiger partial charge in [0.25, 0.3) is 5.91 Å². The number of aryl methyl sites for hydroxylation is 2. The number of aromatic nitrogens is 3. The van der Waals surface area contributed by atoms with Crippen LogP contribution < -0.4 is 20.5 Å². The number of hydrogen-bond donors (Lipinski definition) is 2. The fourth-order valence-electron chi connectivity index (χ4n) is 3.22. The molecule has 2 aromatic heterocycles. The minimum atomic E-state index is -0.187. The van der Waals surface area contributed by atoms with Gasteiger partial charge in [-0.05, 0) is 48.7 Å². The number of anilines is 1. The Labute approximate surface area is 162 Å². The summed E-state index contributed by atoms with van der Waals surface area (Å²) in [6.07, 6.45) is 3.28. The Morgan fingerprint density at radius 1 is 1.25 bits per heavy atom. The minimum Gasteiger partial charge on any atom is -0.454 e. The molecule has 0 saturated heterocycles. The first-order chi connectivity index (χ1) is 13.5. The number of rotatable bonds is 5. The standard InChI is InChI=1S/C20H21N5O3/c1-12-5-19(21)24-13(2)16(12)8-22-20(26)15-7-23-25(10-15)9-14-3-4-17-18(6-14)28-11-27-17/h3-7,10H,8-9,11H2,1-2H3,(H2,21,24)(H,22,26). The summed E-state index contributed by atoms with van der Waals surface area (Å²) in [5, 5.41) is 7.20. The Balaban J connectivity index is 1.41. The van der Waals surface area contributed by atoms with Gasteiger partial charge < -0.3 is 20.5 Å². The second-order valence-electron chi connectivity index (χ2n) is 6.72. The van der Waals surface area contributed by atoms with Crippen molar-refractivity contribution in [1.29, 1.82) is 0 Å². The largest absolute Gasteiger partial charge is 0.454 e. The number of nitrogens with zero attached hydrogens (tertiary/aromatic N) is 3. The molecule has 0 atom stereocenters. The first-order valence-electron chi connectivity index (χ1n) is 8.91. The van der Waals surface area contributed by atoms with E-state index < -0.39 is 0 Å². The molecule has 4 rings (SSSR count). The predicted octanol–water partition coefficient (Wildman–Crippen LogP) is 2.18. The van der Waals surface area contributed by atoms with Gasteiger partial charge in [-0.25, -0.2) is 4.98 Å². The minimum absolute atomic E-state index is 0.187. The summed E-state index contributed by atoms with van der Waals surface area (Å²) in [6.45, 7) is 5.00. The SMILES string of the molecule is Cc1cc(N)nc(C)c1CNC(=O)c1cnn(Cc2ccc3c(c2)OCO3)c1. The highest BCUT2D eigenvalue weighted by molar-refractivity contribution is 5.93. The molecule has 0 bridgehead atoms. The van der Waals surface area contributed by atoms with Gasteiger partial charge >= 0.3 is 0 Å². The summed E-state index contributed by atoms with van der Waals surface area (Å²) in [7, 11) is 0. The number of benzene rings is 1. The van der Waals surface area contributed by atoms with Crippen molar-refractivity contribution in [2.75, 3.05) is 12.5 Å². The molecule has 0 saturated carbocycles. The Kier molecular flexibility index (Phi) is 4.60. The molecule has 144 valence electrons. The van der Waals surface area contributed by atoms with Crippen LogP contribution in [0.1, 0.15) is 32.7 Å². The monoisotopic (exact) mass is 379 g/mol. The van der Waals surface area contributed by atoms with Crippen LogP contribution >= 0.6 is 0 Å². The van der Waals surface area contributed by atoms with Gasteiger partial charge in [0.2, 0.25) is 6.79 Å². The van der Waals surface area contributed by atoms with Crippen LogP contribution in [-0.4, -0.2) is 27.5 Å². The number of carbonyl (C=O) groups excluding carboxylic acids is 1. The van der Waals surface area contributed by atoms with Crippen LogP contribution in [0, 0.1) is 13.8 Å². The maximum atomic E-state index is 12.5. The van der Waals surface area contributed by atoms with Gasteiger partial charge in [-0.15, -0.1) is 0 Å². The van der Waals surface area contributed by atoms with Crippen molar-refractivity contribution < 1.29 is 14.3 Å². The van der Waals surface area contributed by atoms with Crippen LogP contribution in [0.4, 0.5) is 5.82 Å². The van der Waals surface area contributed by atoms with Crippen LogP contribution in [0.3, 0.4) is 0 Å². The molecule has 0 spiro atoms. The van der Waals surface area contributed by atoms with Gasteiger partial charge in [0.15, 0.2) is 11.5 Å². The summed E-state index contributed by atoms with van der Waals surface area (Å²) in [4.78, 5) is 16.7. The lowest BCUT2D eigenvalue weighted by Gasteiger charge is -2.11. The van der Waals surface area contributed by atoms with Crippen molar-refractivity contribution >= 4 is 11.7 Å². The van der Waals surface area contributed by atoms with Gasteiger partial charge in [-0.2, -0.15) is 5.10 Å². The highest BCUT2D eigenvalue weighted by atomic mass is 16.7. The summed E-state index contributed by atoms with van der Waals surface area (Å²) < 4.78 is 12.4. The fourth-order valence-corrected chi connectivity index (χ4v) is 3.22. The summed E-state index contributed by atoms with van der Waals surface area (Å²) in [6, 6.07) is 7.55. The number of amides is 1. The third kappa shape index (κ3) is 3.62. The zero-order valence-electron chi connectivity index (χ0n) is 15.7. The normalized spacial score (nSPS) is 12.2. The maximum Gasteiger partial charge on any atom is 0.254 e. The molecule has 1 amide bonds. The van der Waals surface area contributed by atoms with Gasteiger partial charge in [0, 0.05) is 18.4 Å². The number of nitrogen functional groups attached to an aromatic ring is 1. The molecule has 3 aromatic rings. The number of carbonyl (C=O) groups is 1. The number of nitrogens with two attached hydrogens (primary N) is 1. The lowest BCUT2D eigenvalue weighted by molar-refractivity contribution is 0.0950. The van der Waals surface area contributed by atoms with E-state index in [0.29, 0.717) is 24.5 Å². The van der Waals surface area contributed by atoms with Crippen LogP contribution in [0.2, 0.25) is 0 Å². The topological polar surface area (TPSA) is 104 Å². The first kappa shape index (κ1) is 17.8. The summed E-state index contributed by atoms with van der Waals surface area (Å²) in [5.74, 6) is 1.76. The maximum absolute atomic E-state index is 12.5. The van der Waals surface area contributed by atoms with E-state index in [1.165, 1.54) is 0 Å². The first-order valence-corrected chi connectivity index (χ1v) is 8.91. The van der Waals surface area contributed by atoms with E-state index in [0.717, 1.165) is 33.9 Å². The van der Waals surface area contributed by atoms with E-state index in [2.05, 4.69) is 15.4 Å². The zero-order valence-corrected chi connectivity index (χ0v) is 15.7. The molecule has 8 heteroatoms. The van der Waals surface area contributed by atoms with Gasteiger partial charge in [-0.1, -0.05) is 6.07 Å². The molecule has 1 aliphatic rings. The zero-order chi connectivity index (χ0) is 19.7. The van der Waals surface area contributed by atoms with Crippen molar-refractivity contribution in [2.45, 2.75) is 26.9 Å². The Hall–Kier alpha value is -3.55. The second-order valence-corrected chi connectivity index (χ2v) is 6.72. The van der Waals surface area contributed by atoms with E-state index in [-0.39, 0.29) is 12.7 Å². The smallest absolute Gasteiger partial charge is 0.254 e. The molecule has 0 fully saturated rings. The number of hydrogen-bond acceptors (Lipinski definition) is 6. The molecule has 28 heavy (non-hydrogen) atoms. The van der Waals surface area contributed by atoms with Crippen molar-refractivity contribution in [2.24, 2.45) is 0 Å². The second kappa shape index (κ2) is 7.22. The van der Waals surface area contributed by atoms with Crippen molar-refractivity contribution in [3.63, 3.8) is 0 Å². The molecule has 3 heterocycles. The number of ether oxygens (including phenoxy) is 2. The predicted molar refractivity (Wildman–Crippen MR) is 103 cm³/mol. The van der Waals surface area contributed by atoms with E-state index in [1.807, 2.05) is 32.0 Å². The number of pyridine rings is 1. The molecule has 8 nitrogen and oxygen atoms in total. The third-order valence-electron chi connectivity index (χ3n) is 4.68. The average molecular weight is 379 g/mol. The Bertz CT molecular complexity index is 1020. The van der Waals surface area contributed by atoms with Crippen molar-refractivity contribution in [1.82, 2.24) is 20.1 Å². The lowest BCUT2D eigenvalue weighted by Crippen LogP contribution is -2.23.